The van der Waals surface area contributed by atoms with Crippen LogP contribution in [0.25, 0.3) is 24.3 Å². The second-order valence-corrected chi connectivity index (χ2v) is 10.9. The first-order chi connectivity index (χ1) is 21.4. The summed E-state index contributed by atoms with van der Waals surface area (Å²) in [7, 11) is 2.67. The van der Waals surface area contributed by atoms with Crippen molar-refractivity contribution in [3.05, 3.63) is 91.6 Å². The van der Waals surface area contributed by atoms with Gasteiger partial charge in [0, 0.05) is 57.2 Å². The molecule has 0 aromatic carbocycles. The number of nitrogens with one attached hydrogen (secondary N) is 3. The molecule has 0 radical (unpaired) electrons. The minimum atomic E-state index is -0.378. The highest BCUT2D eigenvalue weighted by Gasteiger charge is 2.24. The Morgan fingerprint density at radius 2 is 1.47 bits per heavy atom. The lowest BCUT2D eigenvalue weighted by Crippen LogP contribution is -2.16. The van der Waals surface area contributed by atoms with Crippen LogP contribution in [0.2, 0.25) is 0 Å². The lowest BCUT2D eigenvalue weighted by molar-refractivity contribution is -0.141. The van der Waals surface area contributed by atoms with Crippen LogP contribution in [0.3, 0.4) is 0 Å². The summed E-state index contributed by atoms with van der Waals surface area (Å²) in [5, 5.41) is 4.37. The van der Waals surface area contributed by atoms with Crippen LogP contribution in [0.1, 0.15) is 66.8 Å². The van der Waals surface area contributed by atoms with E-state index in [0.29, 0.717) is 46.3 Å². The molecule has 0 saturated carbocycles. The molecule has 2 aromatic rings. The Hall–Kier alpha value is -5.25. The molecule has 0 bridgehead atoms. The van der Waals surface area contributed by atoms with Gasteiger partial charge in [0.1, 0.15) is 0 Å². The van der Waals surface area contributed by atoms with E-state index < -0.39 is 0 Å². The van der Waals surface area contributed by atoms with E-state index in [1.165, 1.54) is 14.2 Å². The van der Waals surface area contributed by atoms with Gasteiger partial charge in [0.05, 0.1) is 25.6 Å². The van der Waals surface area contributed by atoms with Crippen molar-refractivity contribution in [1.82, 2.24) is 15.3 Å². The Morgan fingerprint density at radius 3 is 2.09 bits per heavy atom. The number of aliphatic imine (C=N–C) groups is 1. The van der Waals surface area contributed by atoms with E-state index in [4.69, 9.17) is 9.47 Å². The van der Waals surface area contributed by atoms with Crippen molar-refractivity contribution in [1.29, 1.82) is 0 Å². The number of carbonyl (C=O) groups is 4. The van der Waals surface area contributed by atoms with E-state index in [0.717, 1.165) is 44.6 Å². The monoisotopic (exact) mass is 610 g/mol. The van der Waals surface area contributed by atoms with Crippen LogP contribution in [0.15, 0.2) is 52.2 Å². The number of nitrogens with zero attached hydrogens (tertiary/aromatic N) is 1. The van der Waals surface area contributed by atoms with Crippen molar-refractivity contribution in [3.8, 4) is 0 Å². The van der Waals surface area contributed by atoms with Crippen LogP contribution in [0, 0.1) is 13.8 Å². The Kier molecular flexibility index (Phi) is 9.86. The molecule has 4 heterocycles. The van der Waals surface area contributed by atoms with Gasteiger partial charge in [-0.3, -0.25) is 19.2 Å². The average molecular weight is 611 g/mol. The summed E-state index contributed by atoms with van der Waals surface area (Å²) in [6.07, 6.45) is 10.0. The Morgan fingerprint density at radius 1 is 0.800 bits per heavy atom. The number of ether oxygens (including phenoxy) is 2. The fourth-order valence-corrected chi connectivity index (χ4v) is 5.53. The first kappa shape index (κ1) is 32.7. The molecule has 0 saturated heterocycles. The molecule has 2 aliphatic heterocycles. The number of aromatic nitrogens is 2. The fraction of sp³-hybridized carbons (Fsp3) is 0.286. The zero-order valence-corrected chi connectivity index (χ0v) is 26.5. The number of hydrogen-bond acceptors (Lipinski definition) is 6. The van der Waals surface area contributed by atoms with Crippen LogP contribution in [0.5, 0.6) is 0 Å². The standard InChI is InChI=1S/C35H38N4O6/c1-9-22-18(3)26(16-29-23(10-2)20(5)34(42)38-29)36-28(22)15-27-19(4)24(11-13-32(40)44-7)30(37-27)17-31-25(12-14-33(41)45-8)21(6)35(43)39-31/h9-10,15-17,36-37H,1-2,11-14H2,3-8H3,(H,38,42)/b27-15-,29-16-,30-17-. The number of rotatable bonds is 11. The summed E-state index contributed by atoms with van der Waals surface area (Å²) in [6, 6.07) is 0. The van der Waals surface area contributed by atoms with Crippen molar-refractivity contribution in [2.45, 2.75) is 53.4 Å². The molecule has 0 unspecified atom stereocenters. The summed E-state index contributed by atoms with van der Waals surface area (Å²) in [5.74, 6) is -1.23. The molecule has 10 heteroatoms. The normalized spacial score (nSPS) is 16.6. The zero-order valence-electron chi connectivity index (χ0n) is 26.5. The van der Waals surface area contributed by atoms with Gasteiger partial charge in [-0.05, 0) is 81.0 Å². The van der Waals surface area contributed by atoms with Crippen LogP contribution >= 0.6 is 0 Å². The largest absolute Gasteiger partial charge is 0.469 e. The number of methoxy groups -OCH3 is 2. The molecule has 4 rings (SSSR count). The van der Waals surface area contributed by atoms with Crippen LogP contribution in [0.4, 0.5) is 0 Å². The van der Waals surface area contributed by atoms with E-state index in [9.17, 15) is 19.2 Å². The van der Waals surface area contributed by atoms with Gasteiger partial charge in [-0.15, -0.1) is 0 Å². The first-order valence-corrected chi connectivity index (χ1v) is 14.5. The van der Waals surface area contributed by atoms with E-state index in [-0.39, 0.29) is 36.6 Å². The van der Waals surface area contributed by atoms with E-state index in [2.05, 4.69) is 33.4 Å². The molecule has 0 atom stereocenters. The minimum absolute atomic E-state index is 0.115. The molecular formula is C35H38N4O6. The number of aromatic amines is 2. The maximum atomic E-state index is 12.5. The zero-order chi connectivity index (χ0) is 33.0. The van der Waals surface area contributed by atoms with Gasteiger partial charge in [-0.1, -0.05) is 25.3 Å². The van der Waals surface area contributed by atoms with Gasteiger partial charge < -0.3 is 24.8 Å². The van der Waals surface area contributed by atoms with Gasteiger partial charge in [0.15, 0.2) is 0 Å². The molecule has 2 amide bonds. The molecule has 0 aliphatic carbocycles. The Bertz CT molecular complexity index is 1890. The Balaban J connectivity index is 1.85. The number of carbonyl (C=O) groups excluding carboxylic acids is 4. The second kappa shape index (κ2) is 13.6. The van der Waals surface area contributed by atoms with Crippen molar-refractivity contribution in [2.75, 3.05) is 14.2 Å². The van der Waals surface area contributed by atoms with E-state index >= 15 is 0 Å². The van der Waals surface area contributed by atoms with Crippen molar-refractivity contribution >= 4 is 53.8 Å². The summed E-state index contributed by atoms with van der Waals surface area (Å²) < 4.78 is 9.67. The molecule has 2 aliphatic rings. The number of esters is 2. The van der Waals surface area contributed by atoms with Gasteiger partial charge in [-0.2, -0.15) is 0 Å². The SMILES string of the molecule is C=CC1=C(C)C(=O)N/C1=C\c1[nH]c(/C=c2\[nH]/c(=C\C3=NC(=O)C(C)=C3CCC(=O)OC)c(CCC(=O)OC)c2C)c(C=C)c1C. The van der Waals surface area contributed by atoms with Gasteiger partial charge in [0.2, 0.25) is 0 Å². The molecular weight excluding hydrogens is 572 g/mol. The van der Waals surface area contributed by atoms with Crippen molar-refractivity contribution in [2.24, 2.45) is 4.99 Å². The smallest absolute Gasteiger partial charge is 0.305 e. The fourth-order valence-electron chi connectivity index (χ4n) is 5.53. The predicted octanol–water partition coefficient (Wildman–Crippen LogP) is 3.54. The molecule has 0 fully saturated rings. The van der Waals surface area contributed by atoms with Crippen LogP contribution in [-0.2, 0) is 35.1 Å². The third-order valence-corrected chi connectivity index (χ3v) is 8.29. The topological polar surface area (TPSA) is 143 Å². The molecule has 45 heavy (non-hydrogen) atoms. The lowest BCUT2D eigenvalue weighted by Gasteiger charge is -2.04. The van der Waals surface area contributed by atoms with Crippen LogP contribution < -0.4 is 16.0 Å². The Labute approximate surface area is 261 Å². The van der Waals surface area contributed by atoms with Gasteiger partial charge >= 0.3 is 11.9 Å². The highest BCUT2D eigenvalue weighted by atomic mass is 16.5. The van der Waals surface area contributed by atoms with Gasteiger partial charge in [0.25, 0.3) is 11.8 Å². The molecule has 10 nitrogen and oxygen atoms in total. The summed E-state index contributed by atoms with van der Waals surface area (Å²) in [6.45, 7) is 15.2. The summed E-state index contributed by atoms with van der Waals surface area (Å²) >= 11 is 0. The third-order valence-electron chi connectivity index (χ3n) is 8.29. The molecule has 3 N–H and O–H groups in total. The van der Waals surface area contributed by atoms with E-state index in [1.807, 2.05) is 26.0 Å². The summed E-state index contributed by atoms with van der Waals surface area (Å²) in [5.41, 5.74) is 8.84. The number of H-pyrrole nitrogens is 2. The molecule has 2 aromatic heterocycles. The first-order valence-electron chi connectivity index (χ1n) is 14.5. The summed E-state index contributed by atoms with van der Waals surface area (Å²) in [4.78, 5) is 59.9. The number of amides is 2. The predicted molar refractivity (Wildman–Crippen MR) is 174 cm³/mol. The maximum Gasteiger partial charge on any atom is 0.305 e. The second-order valence-electron chi connectivity index (χ2n) is 10.9. The number of allylic oxidation sites excluding steroid dienone is 2. The minimum Gasteiger partial charge on any atom is -0.469 e. The van der Waals surface area contributed by atoms with E-state index in [1.54, 1.807) is 32.1 Å². The van der Waals surface area contributed by atoms with Crippen molar-refractivity contribution < 1.29 is 28.7 Å². The highest BCUT2D eigenvalue weighted by Crippen LogP contribution is 2.27. The van der Waals surface area contributed by atoms with Gasteiger partial charge in [-0.25, -0.2) is 4.99 Å². The maximum absolute atomic E-state index is 12.5. The number of hydrogen-bond donors (Lipinski definition) is 3. The quantitative estimate of drug-likeness (QED) is 0.332. The lowest BCUT2D eigenvalue weighted by atomic mass is 10.00. The highest BCUT2D eigenvalue weighted by molar-refractivity contribution is 6.31. The average Bonchev–Trinajstić information content (AvgIpc) is 3.67. The van der Waals surface area contributed by atoms with Crippen molar-refractivity contribution in [3.63, 3.8) is 0 Å². The molecule has 234 valence electrons. The molecule has 0 spiro atoms. The van der Waals surface area contributed by atoms with Crippen LogP contribution in [-0.4, -0.2) is 53.7 Å². The third kappa shape index (κ3) is 6.64.